The topological polar surface area (TPSA) is 52.6 Å². The average Bonchev–Trinajstić information content (AvgIpc) is 2.65. The molecule has 0 bridgehead atoms. The fraction of sp³-hybridized carbons (Fsp3) is 0.238. The van der Waals surface area contributed by atoms with Crippen LogP contribution in [0.5, 0.6) is 0 Å². The molecule has 1 aliphatic rings. The number of ether oxygens (including phenoxy) is 2. The van der Waals surface area contributed by atoms with Gasteiger partial charge in [0.2, 0.25) is 0 Å². The molecule has 1 aliphatic heterocycles. The molecule has 2 atom stereocenters. The predicted octanol–water partition coefficient (Wildman–Crippen LogP) is 4.39. The van der Waals surface area contributed by atoms with E-state index >= 15 is 0 Å². The summed E-state index contributed by atoms with van der Waals surface area (Å²) in [4.78, 5) is 25.2. The Morgan fingerprint density at radius 2 is 1.81 bits per heavy atom. The van der Waals surface area contributed by atoms with Crippen molar-refractivity contribution in [3.05, 3.63) is 76.3 Å². The highest BCUT2D eigenvalue weighted by Crippen LogP contribution is 2.33. The van der Waals surface area contributed by atoms with Crippen molar-refractivity contribution in [1.29, 1.82) is 0 Å². The summed E-state index contributed by atoms with van der Waals surface area (Å²) in [5.41, 5.74) is 1.72. The quantitative estimate of drug-likeness (QED) is 0.680. The minimum Gasteiger partial charge on any atom is -0.466 e. The van der Waals surface area contributed by atoms with Gasteiger partial charge >= 0.3 is 11.9 Å². The summed E-state index contributed by atoms with van der Waals surface area (Å²) in [5.74, 6) is -1.69. The van der Waals surface area contributed by atoms with Crippen LogP contribution < -0.4 is 0 Å². The number of halogens is 1. The van der Waals surface area contributed by atoms with Crippen molar-refractivity contribution in [2.24, 2.45) is 11.8 Å². The molecule has 2 aromatic rings. The van der Waals surface area contributed by atoms with Gasteiger partial charge in [0.05, 0.1) is 18.4 Å². The summed E-state index contributed by atoms with van der Waals surface area (Å²) in [6, 6.07) is 17.0. The van der Waals surface area contributed by atoms with Crippen molar-refractivity contribution in [2.75, 3.05) is 6.61 Å². The predicted molar refractivity (Wildman–Crippen MR) is 102 cm³/mol. The maximum atomic E-state index is 12.7. The van der Waals surface area contributed by atoms with E-state index in [2.05, 4.69) is 15.9 Å². The van der Waals surface area contributed by atoms with Crippen LogP contribution in [0.25, 0.3) is 5.76 Å². The van der Waals surface area contributed by atoms with Crippen molar-refractivity contribution < 1.29 is 19.1 Å². The first-order chi connectivity index (χ1) is 12.6. The minimum atomic E-state index is -0.671. The van der Waals surface area contributed by atoms with Crippen LogP contribution in [0.2, 0.25) is 0 Å². The standard InChI is InChI=1S/C21H19BrO4/c1-2-25-20(23)18-13-19(15-8-10-16(22)11-9-15)26-21(24)17(18)12-14-6-4-3-5-7-14/h3-11,13,17-18H,2,12H2,1H3/t17-,18-/m1/s1. The van der Waals surface area contributed by atoms with Crippen molar-refractivity contribution in [3.63, 3.8) is 0 Å². The van der Waals surface area contributed by atoms with E-state index in [9.17, 15) is 9.59 Å². The molecule has 1 heterocycles. The van der Waals surface area contributed by atoms with Gasteiger partial charge in [-0.1, -0.05) is 58.4 Å². The van der Waals surface area contributed by atoms with Gasteiger partial charge in [0.1, 0.15) is 5.76 Å². The number of hydrogen-bond donors (Lipinski definition) is 0. The molecule has 0 spiro atoms. The highest BCUT2D eigenvalue weighted by molar-refractivity contribution is 9.10. The zero-order valence-corrected chi connectivity index (χ0v) is 15.9. The average molecular weight is 415 g/mol. The molecule has 4 nitrogen and oxygen atoms in total. The van der Waals surface area contributed by atoms with Crippen LogP contribution in [0, 0.1) is 11.8 Å². The SMILES string of the molecule is CCOC(=O)[C@@H]1C=C(c2ccc(Br)cc2)OC(=O)[C@@H]1Cc1ccccc1. The van der Waals surface area contributed by atoms with Gasteiger partial charge in [0, 0.05) is 10.0 Å². The first-order valence-electron chi connectivity index (χ1n) is 8.48. The number of benzene rings is 2. The third-order valence-corrected chi connectivity index (χ3v) is 4.79. The second-order valence-electron chi connectivity index (χ2n) is 6.03. The normalized spacial score (nSPS) is 19.5. The number of rotatable bonds is 5. The lowest BCUT2D eigenvalue weighted by Crippen LogP contribution is -2.36. The van der Waals surface area contributed by atoms with Crippen molar-refractivity contribution in [3.8, 4) is 0 Å². The molecule has 0 saturated carbocycles. The van der Waals surface area contributed by atoms with Crippen molar-refractivity contribution in [1.82, 2.24) is 0 Å². The molecule has 0 fully saturated rings. The van der Waals surface area contributed by atoms with Crippen LogP contribution in [0.3, 0.4) is 0 Å². The van der Waals surface area contributed by atoms with E-state index in [4.69, 9.17) is 9.47 Å². The molecule has 5 heteroatoms. The van der Waals surface area contributed by atoms with Crippen LogP contribution in [-0.4, -0.2) is 18.5 Å². The van der Waals surface area contributed by atoms with Gasteiger partial charge in [0.15, 0.2) is 0 Å². The van der Waals surface area contributed by atoms with Gasteiger partial charge < -0.3 is 9.47 Å². The molecule has 26 heavy (non-hydrogen) atoms. The second kappa shape index (κ2) is 8.32. The number of hydrogen-bond acceptors (Lipinski definition) is 4. The van der Waals surface area contributed by atoms with E-state index in [0.717, 1.165) is 15.6 Å². The Morgan fingerprint density at radius 1 is 1.12 bits per heavy atom. The first-order valence-corrected chi connectivity index (χ1v) is 9.27. The number of carbonyl (C=O) groups is 2. The Morgan fingerprint density at radius 3 is 2.46 bits per heavy atom. The van der Waals surface area contributed by atoms with Gasteiger partial charge in [-0.05, 0) is 37.1 Å². The summed E-state index contributed by atoms with van der Waals surface area (Å²) in [6.07, 6.45) is 2.13. The molecule has 134 valence electrons. The fourth-order valence-corrected chi connectivity index (χ4v) is 3.23. The molecule has 0 unspecified atom stereocenters. The molecule has 0 saturated heterocycles. The van der Waals surface area contributed by atoms with E-state index in [-0.39, 0.29) is 6.61 Å². The highest BCUT2D eigenvalue weighted by Gasteiger charge is 2.39. The lowest BCUT2D eigenvalue weighted by atomic mass is 9.84. The Balaban J connectivity index is 1.93. The zero-order valence-electron chi connectivity index (χ0n) is 14.4. The Hall–Kier alpha value is -2.40. The summed E-state index contributed by atoms with van der Waals surface area (Å²) in [5, 5.41) is 0. The molecular formula is C21H19BrO4. The third kappa shape index (κ3) is 4.22. The van der Waals surface area contributed by atoms with E-state index in [0.29, 0.717) is 12.2 Å². The Labute approximate surface area is 160 Å². The molecule has 0 amide bonds. The molecule has 0 aromatic heterocycles. The molecule has 2 aromatic carbocycles. The molecule has 0 N–H and O–H groups in total. The van der Waals surface area contributed by atoms with E-state index in [1.165, 1.54) is 0 Å². The Kier molecular flexibility index (Phi) is 5.89. The van der Waals surface area contributed by atoms with Crippen LogP contribution in [0.1, 0.15) is 18.1 Å². The molecular weight excluding hydrogens is 396 g/mol. The monoisotopic (exact) mass is 414 g/mol. The smallest absolute Gasteiger partial charge is 0.315 e. The molecule has 0 aliphatic carbocycles. The van der Waals surface area contributed by atoms with E-state index in [1.54, 1.807) is 13.0 Å². The number of cyclic esters (lactones) is 1. The van der Waals surface area contributed by atoms with Crippen LogP contribution in [0.15, 0.2) is 65.1 Å². The fourth-order valence-electron chi connectivity index (χ4n) is 2.96. The lowest BCUT2D eigenvalue weighted by Gasteiger charge is -2.27. The maximum Gasteiger partial charge on any atom is 0.315 e. The first kappa shape index (κ1) is 18.4. The van der Waals surface area contributed by atoms with E-state index < -0.39 is 23.8 Å². The molecule has 0 radical (unpaired) electrons. The van der Waals surface area contributed by atoms with Crippen molar-refractivity contribution >= 4 is 33.6 Å². The zero-order chi connectivity index (χ0) is 18.5. The van der Waals surface area contributed by atoms with Gasteiger partial charge in [-0.25, -0.2) is 0 Å². The lowest BCUT2D eigenvalue weighted by molar-refractivity contribution is -0.156. The minimum absolute atomic E-state index is 0.268. The van der Waals surface area contributed by atoms with Gasteiger partial charge in [-0.3, -0.25) is 9.59 Å². The van der Waals surface area contributed by atoms with Gasteiger partial charge in [0.25, 0.3) is 0 Å². The van der Waals surface area contributed by atoms with E-state index in [1.807, 2.05) is 54.6 Å². The number of carbonyl (C=O) groups excluding carboxylic acids is 2. The Bertz CT molecular complexity index is 812. The second-order valence-corrected chi connectivity index (χ2v) is 6.95. The maximum absolute atomic E-state index is 12.7. The summed E-state index contributed by atoms with van der Waals surface area (Å²) in [7, 11) is 0. The summed E-state index contributed by atoms with van der Waals surface area (Å²) >= 11 is 3.38. The van der Waals surface area contributed by atoms with Gasteiger partial charge in [-0.2, -0.15) is 0 Å². The van der Waals surface area contributed by atoms with Gasteiger partial charge in [-0.15, -0.1) is 0 Å². The molecule has 3 rings (SSSR count). The van der Waals surface area contributed by atoms with Crippen LogP contribution in [-0.2, 0) is 25.5 Å². The van der Waals surface area contributed by atoms with Crippen LogP contribution >= 0.6 is 15.9 Å². The largest absolute Gasteiger partial charge is 0.466 e. The summed E-state index contributed by atoms with van der Waals surface area (Å²) < 4.78 is 11.7. The third-order valence-electron chi connectivity index (χ3n) is 4.26. The highest BCUT2D eigenvalue weighted by atomic mass is 79.9. The van der Waals surface area contributed by atoms with Crippen LogP contribution in [0.4, 0.5) is 0 Å². The number of esters is 2. The van der Waals surface area contributed by atoms with Crippen molar-refractivity contribution in [2.45, 2.75) is 13.3 Å². The summed E-state index contributed by atoms with van der Waals surface area (Å²) in [6.45, 7) is 2.02.